The number of anilines is 1. The Morgan fingerprint density at radius 1 is 1.27 bits per heavy atom. The van der Waals surface area contributed by atoms with Crippen LogP contribution in [0.4, 0.5) is 5.82 Å². The van der Waals surface area contributed by atoms with Crippen LogP contribution >= 0.6 is 0 Å². The van der Waals surface area contributed by atoms with E-state index < -0.39 is 0 Å². The predicted molar refractivity (Wildman–Crippen MR) is 60.0 cm³/mol. The number of nitrogens with one attached hydrogen (secondary N) is 2. The number of H-pyrrole nitrogens is 1. The van der Waals surface area contributed by atoms with E-state index >= 15 is 0 Å². The van der Waals surface area contributed by atoms with E-state index in [4.69, 9.17) is 0 Å². The van der Waals surface area contributed by atoms with Gasteiger partial charge in [0.05, 0.1) is 0 Å². The Hall–Kier alpha value is -1.77. The van der Waals surface area contributed by atoms with Gasteiger partial charge in [0.15, 0.2) is 0 Å². The first-order valence-electron chi connectivity index (χ1n) is 5.15. The topological polar surface area (TPSA) is 44.9 Å². The lowest BCUT2D eigenvalue weighted by Gasteiger charge is -2.11. The minimum atomic E-state index is 0.103. The van der Waals surface area contributed by atoms with Gasteiger partial charge in [0.25, 0.3) is 0 Å². The second-order valence-electron chi connectivity index (χ2n) is 4.08. The van der Waals surface area contributed by atoms with Crippen molar-refractivity contribution in [1.82, 2.24) is 4.98 Å². The average Bonchev–Trinajstić information content (AvgIpc) is 2.54. The van der Waals surface area contributed by atoms with Crippen LogP contribution in [0, 0.1) is 6.92 Å². The van der Waals surface area contributed by atoms with E-state index in [0.717, 1.165) is 17.8 Å². The van der Waals surface area contributed by atoms with Gasteiger partial charge in [-0.15, -0.1) is 0 Å². The monoisotopic (exact) mass is 200 g/mol. The van der Waals surface area contributed by atoms with E-state index in [9.17, 15) is 4.79 Å². The predicted octanol–water partition coefficient (Wildman–Crippen LogP) is 2.36. The fourth-order valence-corrected chi connectivity index (χ4v) is 2.17. The number of hydrogen-bond donors (Lipinski definition) is 2. The molecule has 1 amide bonds. The minimum Gasteiger partial charge on any atom is -0.341 e. The molecule has 0 saturated carbocycles. The van der Waals surface area contributed by atoms with Crippen molar-refractivity contribution in [2.75, 3.05) is 5.32 Å². The number of rotatable bonds is 0. The Morgan fingerprint density at radius 3 is 3.00 bits per heavy atom. The molecule has 0 unspecified atom stereocenters. The van der Waals surface area contributed by atoms with Crippen LogP contribution < -0.4 is 5.32 Å². The van der Waals surface area contributed by atoms with Crippen molar-refractivity contribution in [3.05, 3.63) is 29.3 Å². The van der Waals surface area contributed by atoms with Gasteiger partial charge in [-0.2, -0.15) is 0 Å². The van der Waals surface area contributed by atoms with Gasteiger partial charge in [0, 0.05) is 22.9 Å². The maximum Gasteiger partial charge on any atom is 0.225 e. The van der Waals surface area contributed by atoms with Crippen LogP contribution in [0.1, 0.15) is 17.5 Å². The first-order valence-corrected chi connectivity index (χ1v) is 5.15. The van der Waals surface area contributed by atoms with Crippen molar-refractivity contribution < 1.29 is 4.79 Å². The number of benzene rings is 1. The fraction of sp³-hybridized carbons (Fsp3) is 0.250. The van der Waals surface area contributed by atoms with Crippen molar-refractivity contribution >= 4 is 22.6 Å². The molecule has 0 aliphatic carbocycles. The molecule has 15 heavy (non-hydrogen) atoms. The van der Waals surface area contributed by atoms with E-state index in [-0.39, 0.29) is 5.91 Å². The molecular formula is C12H12N2O. The summed E-state index contributed by atoms with van der Waals surface area (Å²) in [7, 11) is 0. The molecule has 3 rings (SSSR count). The number of carbonyl (C=O) groups is 1. The van der Waals surface area contributed by atoms with Gasteiger partial charge >= 0.3 is 0 Å². The lowest BCUT2D eigenvalue weighted by Crippen LogP contribution is -2.18. The number of amides is 1. The highest BCUT2D eigenvalue weighted by atomic mass is 16.1. The summed E-state index contributed by atoms with van der Waals surface area (Å²) >= 11 is 0. The van der Waals surface area contributed by atoms with Crippen LogP contribution in [0.2, 0.25) is 0 Å². The van der Waals surface area contributed by atoms with Crippen LogP contribution in [0.25, 0.3) is 10.9 Å². The normalized spacial score (nSPS) is 15.1. The summed E-state index contributed by atoms with van der Waals surface area (Å²) in [4.78, 5) is 14.5. The molecule has 2 aromatic rings. The van der Waals surface area contributed by atoms with Crippen molar-refractivity contribution in [3.8, 4) is 0 Å². The summed E-state index contributed by atoms with van der Waals surface area (Å²) in [5, 5.41) is 4.12. The highest BCUT2D eigenvalue weighted by Crippen LogP contribution is 2.30. The zero-order valence-corrected chi connectivity index (χ0v) is 8.55. The van der Waals surface area contributed by atoms with Crippen molar-refractivity contribution in [3.63, 3.8) is 0 Å². The van der Waals surface area contributed by atoms with Crippen molar-refractivity contribution in [2.45, 2.75) is 19.8 Å². The molecule has 0 bridgehead atoms. The summed E-state index contributed by atoms with van der Waals surface area (Å²) in [5.41, 5.74) is 3.60. The second kappa shape index (κ2) is 2.86. The molecule has 1 aromatic heterocycles. The molecule has 0 radical (unpaired) electrons. The molecule has 76 valence electrons. The fourth-order valence-electron chi connectivity index (χ4n) is 2.17. The summed E-state index contributed by atoms with van der Waals surface area (Å²) in [5.74, 6) is 0.984. The molecule has 1 aromatic carbocycles. The lowest BCUT2D eigenvalue weighted by atomic mass is 10.0. The molecule has 0 spiro atoms. The molecule has 0 atom stereocenters. The second-order valence-corrected chi connectivity index (χ2v) is 4.08. The van der Waals surface area contributed by atoms with E-state index in [1.807, 2.05) is 0 Å². The molecule has 3 nitrogen and oxygen atoms in total. The maximum absolute atomic E-state index is 11.2. The molecule has 1 aliphatic rings. The number of carbonyl (C=O) groups excluding carboxylic acids is 1. The van der Waals surface area contributed by atoms with Crippen LogP contribution in [-0.2, 0) is 11.2 Å². The van der Waals surface area contributed by atoms with Crippen LogP contribution in [-0.4, -0.2) is 10.9 Å². The quantitative estimate of drug-likeness (QED) is 0.673. The van der Waals surface area contributed by atoms with Gasteiger partial charge in [0.1, 0.15) is 5.82 Å². The van der Waals surface area contributed by atoms with E-state index in [1.54, 1.807) is 0 Å². The van der Waals surface area contributed by atoms with Crippen LogP contribution in [0.15, 0.2) is 18.2 Å². The summed E-state index contributed by atoms with van der Waals surface area (Å²) in [6.45, 7) is 2.08. The number of fused-ring (bicyclic) bond motifs is 3. The molecule has 3 heteroatoms. The lowest BCUT2D eigenvalue weighted by molar-refractivity contribution is -0.116. The Labute approximate surface area is 87.5 Å². The van der Waals surface area contributed by atoms with E-state index in [0.29, 0.717) is 6.42 Å². The largest absolute Gasteiger partial charge is 0.341 e. The first kappa shape index (κ1) is 8.53. The number of aromatic nitrogens is 1. The van der Waals surface area contributed by atoms with Crippen LogP contribution in [0.3, 0.4) is 0 Å². The van der Waals surface area contributed by atoms with Crippen molar-refractivity contribution in [1.29, 1.82) is 0 Å². The smallest absolute Gasteiger partial charge is 0.225 e. The Balaban J connectivity index is 2.28. The van der Waals surface area contributed by atoms with Gasteiger partial charge in [-0.05, 0) is 25.5 Å². The molecule has 2 heterocycles. The third-order valence-electron chi connectivity index (χ3n) is 2.93. The van der Waals surface area contributed by atoms with E-state index in [1.165, 1.54) is 16.5 Å². The van der Waals surface area contributed by atoms with Gasteiger partial charge < -0.3 is 10.3 Å². The van der Waals surface area contributed by atoms with Gasteiger partial charge in [-0.3, -0.25) is 4.79 Å². The third kappa shape index (κ3) is 1.23. The standard InChI is InChI=1S/C12H12N2O/c1-7-2-4-10-9(6-7)8-3-5-11(15)14-12(8)13-10/h2,4,6,13H,3,5H2,1H3,(H,14,15). The van der Waals surface area contributed by atoms with Gasteiger partial charge in [-0.1, -0.05) is 11.6 Å². The molecule has 2 N–H and O–H groups in total. The molecule has 1 aliphatic heterocycles. The third-order valence-corrected chi connectivity index (χ3v) is 2.93. The highest BCUT2D eigenvalue weighted by molar-refractivity contribution is 5.99. The van der Waals surface area contributed by atoms with Crippen molar-refractivity contribution in [2.24, 2.45) is 0 Å². The number of hydrogen-bond acceptors (Lipinski definition) is 1. The van der Waals surface area contributed by atoms with Crippen LogP contribution in [0.5, 0.6) is 0 Å². The summed E-state index contributed by atoms with van der Waals surface area (Å²) < 4.78 is 0. The minimum absolute atomic E-state index is 0.103. The number of aryl methyl sites for hydroxylation is 2. The highest BCUT2D eigenvalue weighted by Gasteiger charge is 2.19. The number of aromatic amines is 1. The van der Waals surface area contributed by atoms with Gasteiger partial charge in [-0.25, -0.2) is 0 Å². The summed E-state index contributed by atoms with van der Waals surface area (Å²) in [6.07, 6.45) is 1.43. The molecule has 0 fully saturated rings. The molecule has 0 saturated heterocycles. The first-order chi connectivity index (χ1) is 7.24. The van der Waals surface area contributed by atoms with Gasteiger partial charge in [0.2, 0.25) is 5.91 Å². The maximum atomic E-state index is 11.2. The Kier molecular flexibility index (Phi) is 1.63. The Bertz CT molecular complexity index is 554. The summed E-state index contributed by atoms with van der Waals surface area (Å²) in [6, 6.07) is 6.31. The van der Waals surface area contributed by atoms with E-state index in [2.05, 4.69) is 35.4 Å². The zero-order valence-electron chi connectivity index (χ0n) is 8.55. The SMILES string of the molecule is Cc1ccc2[nH]c3c(c2c1)CCC(=O)N3. The zero-order chi connectivity index (χ0) is 10.4. The molecular weight excluding hydrogens is 188 g/mol. The Morgan fingerprint density at radius 2 is 2.13 bits per heavy atom. The average molecular weight is 200 g/mol.